The molecule has 1 fully saturated rings. The Morgan fingerprint density at radius 3 is 2.56 bits per heavy atom. The van der Waals surface area contributed by atoms with Gasteiger partial charge in [0.25, 0.3) is 0 Å². The molecule has 0 aromatic rings. The molecular weight excluding hydrogens is 196 g/mol. The van der Waals surface area contributed by atoms with Crippen LogP contribution in [0.25, 0.3) is 0 Å². The van der Waals surface area contributed by atoms with Crippen molar-refractivity contribution in [2.45, 2.75) is 72.0 Å². The van der Waals surface area contributed by atoms with Crippen LogP contribution in [0.1, 0.15) is 53.9 Å². The molecule has 1 N–H and O–H groups in total. The van der Waals surface area contributed by atoms with Crippen LogP contribution < -0.4 is 5.32 Å². The normalized spacial score (nSPS) is 31.3. The smallest absolute Gasteiger partial charge is 0.0221 e. The first-order chi connectivity index (χ1) is 7.58. The average Bonchev–Trinajstić information content (AvgIpc) is 2.28. The Bertz CT molecular complexity index is 193. The van der Waals surface area contributed by atoms with Crippen LogP contribution in [0.3, 0.4) is 0 Å². The van der Waals surface area contributed by atoms with Crippen molar-refractivity contribution in [1.29, 1.82) is 0 Å². The zero-order chi connectivity index (χ0) is 12.1. The lowest BCUT2D eigenvalue weighted by Crippen LogP contribution is -2.58. The first-order valence-electron chi connectivity index (χ1n) is 7.07. The Hall–Kier alpha value is -0.0800. The van der Waals surface area contributed by atoms with Gasteiger partial charge in [-0.15, -0.1) is 0 Å². The van der Waals surface area contributed by atoms with Gasteiger partial charge in [0.1, 0.15) is 0 Å². The van der Waals surface area contributed by atoms with E-state index in [0.717, 1.165) is 18.0 Å². The third kappa shape index (κ3) is 3.74. The molecule has 0 amide bonds. The van der Waals surface area contributed by atoms with Crippen molar-refractivity contribution in [3.05, 3.63) is 0 Å². The van der Waals surface area contributed by atoms with E-state index >= 15 is 0 Å². The van der Waals surface area contributed by atoms with E-state index in [1.165, 1.54) is 32.4 Å². The van der Waals surface area contributed by atoms with E-state index in [0.29, 0.717) is 6.04 Å². The molecule has 96 valence electrons. The summed E-state index contributed by atoms with van der Waals surface area (Å²) in [6, 6.07) is 2.14. The zero-order valence-electron chi connectivity index (χ0n) is 11.8. The first kappa shape index (κ1) is 14.0. The van der Waals surface area contributed by atoms with Gasteiger partial charge in [-0.2, -0.15) is 0 Å². The fraction of sp³-hybridized carbons (Fsp3) is 1.00. The molecule has 0 spiro atoms. The highest BCUT2D eigenvalue weighted by Gasteiger charge is 2.28. The van der Waals surface area contributed by atoms with Gasteiger partial charge in [0.15, 0.2) is 0 Å². The Morgan fingerprint density at radius 2 is 2.00 bits per heavy atom. The maximum Gasteiger partial charge on any atom is 0.0221 e. The molecule has 1 rings (SSSR count). The number of nitrogens with zero attached hydrogens (tertiary/aromatic N) is 1. The average molecular weight is 226 g/mol. The van der Waals surface area contributed by atoms with Crippen molar-refractivity contribution in [1.82, 2.24) is 10.2 Å². The predicted molar refractivity (Wildman–Crippen MR) is 71.8 cm³/mol. The lowest BCUT2D eigenvalue weighted by atomic mass is 9.96. The summed E-state index contributed by atoms with van der Waals surface area (Å²) >= 11 is 0. The lowest BCUT2D eigenvalue weighted by molar-refractivity contribution is 0.0787. The molecular formula is C14H30N2. The summed E-state index contributed by atoms with van der Waals surface area (Å²) in [5.74, 6) is 0.859. The van der Waals surface area contributed by atoms with Gasteiger partial charge in [0.05, 0.1) is 0 Å². The van der Waals surface area contributed by atoms with E-state index in [-0.39, 0.29) is 0 Å². The fourth-order valence-electron chi connectivity index (χ4n) is 2.79. The molecule has 1 saturated heterocycles. The standard InChI is InChI=1S/C14H30N2/c1-6-11(3)8-13(5)16-10-12(4)15-9-14(16)7-2/h11-15H,6-10H2,1-5H3. The second-order valence-electron chi connectivity index (χ2n) is 5.67. The van der Waals surface area contributed by atoms with E-state index in [2.05, 4.69) is 44.8 Å². The minimum absolute atomic E-state index is 0.655. The number of piperazine rings is 1. The van der Waals surface area contributed by atoms with Gasteiger partial charge in [0, 0.05) is 31.2 Å². The summed E-state index contributed by atoms with van der Waals surface area (Å²) in [7, 11) is 0. The van der Waals surface area contributed by atoms with Crippen molar-refractivity contribution < 1.29 is 0 Å². The third-order valence-corrected chi connectivity index (χ3v) is 4.13. The largest absolute Gasteiger partial charge is 0.311 e. The van der Waals surface area contributed by atoms with Crippen LogP contribution in [0, 0.1) is 5.92 Å². The van der Waals surface area contributed by atoms with Crippen LogP contribution in [0.5, 0.6) is 0 Å². The Morgan fingerprint density at radius 1 is 1.31 bits per heavy atom. The van der Waals surface area contributed by atoms with E-state index in [9.17, 15) is 0 Å². The van der Waals surface area contributed by atoms with Gasteiger partial charge in [-0.25, -0.2) is 0 Å². The highest BCUT2D eigenvalue weighted by atomic mass is 15.2. The molecule has 1 aliphatic heterocycles. The molecule has 4 unspecified atom stereocenters. The molecule has 0 aromatic carbocycles. The molecule has 2 heteroatoms. The number of hydrogen-bond donors (Lipinski definition) is 1. The molecule has 0 aliphatic carbocycles. The molecule has 0 aromatic heterocycles. The monoisotopic (exact) mass is 226 g/mol. The molecule has 0 bridgehead atoms. The van der Waals surface area contributed by atoms with Crippen LogP contribution >= 0.6 is 0 Å². The predicted octanol–water partition coefficient (Wildman–Crippen LogP) is 2.88. The molecule has 0 radical (unpaired) electrons. The maximum absolute atomic E-state index is 3.59. The quantitative estimate of drug-likeness (QED) is 0.775. The van der Waals surface area contributed by atoms with Crippen LogP contribution in [-0.2, 0) is 0 Å². The Kier molecular flexibility index (Phi) is 5.77. The Balaban J connectivity index is 2.52. The van der Waals surface area contributed by atoms with Crippen molar-refractivity contribution in [3.8, 4) is 0 Å². The lowest BCUT2D eigenvalue weighted by Gasteiger charge is -2.43. The highest BCUT2D eigenvalue weighted by molar-refractivity contribution is 4.86. The van der Waals surface area contributed by atoms with Crippen molar-refractivity contribution in [2.75, 3.05) is 13.1 Å². The summed E-state index contributed by atoms with van der Waals surface area (Å²) < 4.78 is 0. The zero-order valence-corrected chi connectivity index (χ0v) is 11.8. The van der Waals surface area contributed by atoms with Crippen LogP contribution in [-0.4, -0.2) is 36.1 Å². The maximum atomic E-state index is 3.59. The van der Waals surface area contributed by atoms with E-state index in [4.69, 9.17) is 0 Å². The van der Waals surface area contributed by atoms with E-state index in [1.807, 2.05) is 0 Å². The minimum atomic E-state index is 0.655. The van der Waals surface area contributed by atoms with Gasteiger partial charge >= 0.3 is 0 Å². The Labute approximate surface area is 102 Å². The topological polar surface area (TPSA) is 15.3 Å². The van der Waals surface area contributed by atoms with Gasteiger partial charge in [0.2, 0.25) is 0 Å². The second-order valence-corrected chi connectivity index (χ2v) is 5.67. The summed E-state index contributed by atoms with van der Waals surface area (Å²) in [5, 5.41) is 3.59. The van der Waals surface area contributed by atoms with Gasteiger partial charge in [-0.05, 0) is 32.6 Å². The van der Waals surface area contributed by atoms with Crippen molar-refractivity contribution >= 4 is 0 Å². The highest BCUT2D eigenvalue weighted by Crippen LogP contribution is 2.20. The fourth-order valence-corrected chi connectivity index (χ4v) is 2.79. The third-order valence-electron chi connectivity index (χ3n) is 4.13. The number of nitrogens with one attached hydrogen (secondary N) is 1. The summed E-state index contributed by atoms with van der Waals surface area (Å²) in [4.78, 5) is 2.73. The van der Waals surface area contributed by atoms with Crippen molar-refractivity contribution in [2.24, 2.45) is 5.92 Å². The minimum Gasteiger partial charge on any atom is -0.311 e. The van der Waals surface area contributed by atoms with Crippen LogP contribution in [0.2, 0.25) is 0 Å². The number of rotatable bonds is 5. The summed E-state index contributed by atoms with van der Waals surface area (Å²) in [6.07, 6.45) is 3.92. The van der Waals surface area contributed by atoms with Crippen molar-refractivity contribution in [3.63, 3.8) is 0 Å². The van der Waals surface area contributed by atoms with Crippen LogP contribution in [0.15, 0.2) is 0 Å². The molecule has 4 atom stereocenters. The molecule has 1 aliphatic rings. The van der Waals surface area contributed by atoms with Gasteiger partial charge < -0.3 is 5.32 Å². The van der Waals surface area contributed by atoms with Gasteiger partial charge in [-0.1, -0.05) is 27.2 Å². The van der Waals surface area contributed by atoms with Gasteiger partial charge in [-0.3, -0.25) is 4.90 Å². The molecule has 16 heavy (non-hydrogen) atoms. The van der Waals surface area contributed by atoms with E-state index < -0.39 is 0 Å². The second kappa shape index (κ2) is 6.61. The molecule has 2 nitrogen and oxygen atoms in total. The van der Waals surface area contributed by atoms with Crippen LogP contribution in [0.4, 0.5) is 0 Å². The summed E-state index contributed by atoms with van der Waals surface area (Å²) in [6.45, 7) is 14.1. The number of hydrogen-bond acceptors (Lipinski definition) is 2. The SMILES string of the molecule is CCC(C)CC(C)N1CC(C)NCC1CC. The van der Waals surface area contributed by atoms with E-state index in [1.54, 1.807) is 0 Å². The molecule has 1 heterocycles. The molecule has 0 saturated carbocycles. The first-order valence-corrected chi connectivity index (χ1v) is 7.07. The summed E-state index contributed by atoms with van der Waals surface area (Å²) in [5.41, 5.74) is 0.